The lowest BCUT2D eigenvalue weighted by molar-refractivity contribution is -0.124. The fraction of sp³-hybridized carbons (Fsp3) is 0.583. The second kappa shape index (κ2) is 5.28. The van der Waals surface area contributed by atoms with Crippen LogP contribution in [0.3, 0.4) is 0 Å². The molecule has 4 unspecified atom stereocenters. The summed E-state index contributed by atoms with van der Waals surface area (Å²) in [5.41, 5.74) is 1.40. The van der Waals surface area contributed by atoms with E-state index < -0.39 is 12.4 Å². The van der Waals surface area contributed by atoms with Crippen LogP contribution in [0, 0.1) is 0 Å². The first-order valence-corrected chi connectivity index (χ1v) is 7.47. The number of nitrogens with zero attached hydrogens (tertiary/aromatic N) is 4. The van der Waals surface area contributed by atoms with Crippen LogP contribution in [0.15, 0.2) is 17.7 Å². The van der Waals surface area contributed by atoms with E-state index in [1.165, 1.54) is 18.1 Å². The van der Waals surface area contributed by atoms with Gasteiger partial charge in [-0.2, -0.15) is 0 Å². The number of fused-ring (bicyclic) bond motifs is 1. The van der Waals surface area contributed by atoms with Gasteiger partial charge in [0, 0.05) is 7.11 Å². The first kappa shape index (κ1) is 13.7. The van der Waals surface area contributed by atoms with Crippen molar-refractivity contribution in [3.8, 4) is 0 Å². The monoisotopic (exact) mass is 296 g/mol. The van der Waals surface area contributed by atoms with E-state index in [-0.39, 0.29) is 12.1 Å². The van der Waals surface area contributed by atoms with Crippen molar-refractivity contribution in [3.63, 3.8) is 0 Å². The molecule has 0 radical (unpaired) electrons. The van der Waals surface area contributed by atoms with Crippen LogP contribution < -0.4 is 0 Å². The van der Waals surface area contributed by atoms with Crippen LogP contribution in [0.25, 0.3) is 11.2 Å². The summed E-state index contributed by atoms with van der Waals surface area (Å²) >= 11 is 1.51. The predicted molar refractivity (Wildman–Crippen MR) is 73.5 cm³/mol. The molecule has 1 N–H and O–H groups in total. The summed E-state index contributed by atoms with van der Waals surface area (Å²) in [6.45, 7) is 1.82. The third-order valence-electron chi connectivity index (χ3n) is 3.53. The third kappa shape index (κ3) is 1.99. The number of thioether (sulfide) groups is 1. The van der Waals surface area contributed by atoms with Gasteiger partial charge in [0.25, 0.3) is 0 Å². The molecule has 2 aromatic heterocycles. The summed E-state index contributed by atoms with van der Waals surface area (Å²) in [7, 11) is 1.56. The molecule has 2 aromatic rings. The van der Waals surface area contributed by atoms with Crippen LogP contribution in [0.2, 0.25) is 0 Å². The van der Waals surface area contributed by atoms with Crippen molar-refractivity contribution in [3.05, 3.63) is 12.7 Å². The van der Waals surface area contributed by atoms with Gasteiger partial charge < -0.3 is 19.1 Å². The van der Waals surface area contributed by atoms with Gasteiger partial charge in [-0.3, -0.25) is 0 Å². The highest BCUT2D eigenvalue weighted by Crippen LogP contribution is 2.34. The van der Waals surface area contributed by atoms with E-state index in [0.29, 0.717) is 5.65 Å². The Labute approximate surface area is 120 Å². The van der Waals surface area contributed by atoms with E-state index in [4.69, 9.17) is 9.47 Å². The minimum absolute atomic E-state index is 0.302. The van der Waals surface area contributed by atoms with Crippen molar-refractivity contribution in [2.75, 3.05) is 13.4 Å². The number of hydrogen-bond acceptors (Lipinski definition) is 7. The number of imidazole rings is 1. The number of hydrogen-bond donors (Lipinski definition) is 1. The Bertz CT molecular complexity index is 620. The van der Waals surface area contributed by atoms with E-state index in [1.54, 1.807) is 18.0 Å². The maximum Gasteiger partial charge on any atom is 0.180 e. The Hall–Kier alpha value is -1.22. The first-order valence-electron chi connectivity index (χ1n) is 6.25. The van der Waals surface area contributed by atoms with E-state index in [2.05, 4.69) is 15.0 Å². The standard InChI is InChI=1S/C12H16N4O3S/c1-6-9(17)8(12(18-2)19-6)16-5-15-7-10(16)13-4-14-11(7)20-3/h4-6,8-9,12,17H,1-3H3. The number of rotatable bonds is 3. The van der Waals surface area contributed by atoms with Crippen LogP contribution in [0.4, 0.5) is 0 Å². The summed E-state index contributed by atoms with van der Waals surface area (Å²) in [4.78, 5) is 12.8. The van der Waals surface area contributed by atoms with Gasteiger partial charge in [-0.1, -0.05) is 0 Å². The largest absolute Gasteiger partial charge is 0.388 e. The van der Waals surface area contributed by atoms with Crippen molar-refractivity contribution in [1.82, 2.24) is 19.5 Å². The molecule has 3 heterocycles. The van der Waals surface area contributed by atoms with Crippen molar-refractivity contribution in [2.24, 2.45) is 0 Å². The quantitative estimate of drug-likeness (QED) is 0.664. The summed E-state index contributed by atoms with van der Waals surface area (Å²) < 4.78 is 12.7. The molecule has 0 aromatic carbocycles. The average Bonchev–Trinajstić information content (AvgIpc) is 3.00. The normalized spacial score (nSPS) is 30.2. The van der Waals surface area contributed by atoms with Crippen LogP contribution >= 0.6 is 11.8 Å². The molecule has 108 valence electrons. The molecule has 8 heteroatoms. The fourth-order valence-corrected chi connectivity index (χ4v) is 2.99. The lowest BCUT2D eigenvalue weighted by Crippen LogP contribution is -2.30. The highest BCUT2D eigenvalue weighted by molar-refractivity contribution is 7.98. The molecular formula is C12H16N4O3S. The molecule has 0 amide bonds. The summed E-state index contributed by atoms with van der Waals surface area (Å²) in [5, 5.41) is 11.1. The molecule has 0 saturated carbocycles. The molecule has 7 nitrogen and oxygen atoms in total. The van der Waals surface area contributed by atoms with Crippen molar-refractivity contribution < 1.29 is 14.6 Å². The Balaban J connectivity index is 2.10. The summed E-state index contributed by atoms with van der Waals surface area (Å²) in [6, 6.07) is -0.371. The minimum atomic E-state index is -0.676. The van der Waals surface area contributed by atoms with E-state index in [0.717, 1.165) is 10.5 Å². The van der Waals surface area contributed by atoms with Gasteiger partial charge in [0.2, 0.25) is 0 Å². The number of aliphatic hydroxyl groups excluding tert-OH is 1. The molecule has 1 aliphatic heterocycles. The van der Waals surface area contributed by atoms with Gasteiger partial charge in [0.1, 0.15) is 29.0 Å². The third-order valence-corrected chi connectivity index (χ3v) is 4.22. The number of ether oxygens (including phenoxy) is 2. The van der Waals surface area contributed by atoms with Gasteiger partial charge in [-0.15, -0.1) is 11.8 Å². The van der Waals surface area contributed by atoms with Gasteiger partial charge in [0.15, 0.2) is 11.9 Å². The van der Waals surface area contributed by atoms with Gasteiger partial charge >= 0.3 is 0 Å². The Morgan fingerprint density at radius 3 is 2.90 bits per heavy atom. The zero-order valence-corrected chi connectivity index (χ0v) is 12.2. The Morgan fingerprint density at radius 2 is 2.20 bits per heavy atom. The van der Waals surface area contributed by atoms with E-state index >= 15 is 0 Å². The topological polar surface area (TPSA) is 82.3 Å². The van der Waals surface area contributed by atoms with E-state index in [9.17, 15) is 5.11 Å². The Morgan fingerprint density at radius 1 is 1.40 bits per heavy atom. The molecule has 1 saturated heterocycles. The van der Waals surface area contributed by atoms with Crippen LogP contribution in [0.5, 0.6) is 0 Å². The second-order valence-corrected chi connectivity index (χ2v) is 5.43. The first-order chi connectivity index (χ1) is 9.67. The number of aliphatic hydroxyl groups is 1. The zero-order chi connectivity index (χ0) is 14.3. The molecule has 4 atom stereocenters. The smallest absolute Gasteiger partial charge is 0.180 e. The van der Waals surface area contributed by atoms with Crippen molar-refractivity contribution in [1.29, 1.82) is 0 Å². The van der Waals surface area contributed by atoms with Crippen LogP contribution in [-0.4, -0.2) is 56.5 Å². The number of methoxy groups -OCH3 is 1. The van der Waals surface area contributed by atoms with Gasteiger partial charge in [-0.25, -0.2) is 15.0 Å². The van der Waals surface area contributed by atoms with Gasteiger partial charge in [0.05, 0.1) is 12.4 Å². The molecule has 1 aliphatic rings. The molecule has 0 aliphatic carbocycles. The number of aromatic nitrogens is 4. The van der Waals surface area contributed by atoms with Crippen LogP contribution in [-0.2, 0) is 9.47 Å². The van der Waals surface area contributed by atoms with Crippen molar-refractivity contribution >= 4 is 22.9 Å². The maximum absolute atomic E-state index is 10.3. The fourth-order valence-electron chi connectivity index (χ4n) is 2.50. The molecule has 3 rings (SSSR count). The maximum atomic E-state index is 10.3. The lowest BCUT2D eigenvalue weighted by Gasteiger charge is -2.20. The summed E-state index contributed by atoms with van der Waals surface area (Å²) in [6.07, 6.45) is 3.59. The molecular weight excluding hydrogens is 280 g/mol. The molecule has 1 fully saturated rings. The SMILES string of the molecule is COC1OC(C)C(O)C1n1cnc2c(SC)ncnc21. The molecule has 0 bridgehead atoms. The molecule has 0 spiro atoms. The highest BCUT2D eigenvalue weighted by atomic mass is 32.2. The summed E-state index contributed by atoms with van der Waals surface area (Å²) in [5.74, 6) is 0. The van der Waals surface area contributed by atoms with Crippen LogP contribution in [0.1, 0.15) is 13.0 Å². The molecule has 20 heavy (non-hydrogen) atoms. The average molecular weight is 296 g/mol. The Kier molecular flexibility index (Phi) is 3.63. The van der Waals surface area contributed by atoms with Crippen molar-refractivity contribution in [2.45, 2.75) is 36.5 Å². The van der Waals surface area contributed by atoms with E-state index in [1.807, 2.05) is 13.2 Å². The second-order valence-electron chi connectivity index (χ2n) is 4.63. The minimum Gasteiger partial charge on any atom is -0.388 e. The predicted octanol–water partition coefficient (Wildman–Crippen LogP) is 0.841. The highest BCUT2D eigenvalue weighted by Gasteiger charge is 2.43. The lowest BCUT2D eigenvalue weighted by atomic mass is 10.1. The van der Waals surface area contributed by atoms with Gasteiger partial charge in [-0.05, 0) is 13.2 Å². The zero-order valence-electron chi connectivity index (χ0n) is 11.4.